The van der Waals surface area contributed by atoms with Crippen LogP contribution in [0.25, 0.3) is 89.7 Å². The molecule has 8 bridgehead atoms. The number of hydrogen-bond acceptors (Lipinski definition) is 12. The molecule has 5 heterocycles. The van der Waals surface area contributed by atoms with Gasteiger partial charge in [-0.2, -0.15) is 0 Å². The minimum atomic E-state index is -2.99. The Morgan fingerprint density at radius 2 is 0.692 bits per heavy atom. The van der Waals surface area contributed by atoms with Gasteiger partial charge in [0.25, 0.3) is 0 Å². The Bertz CT molecular complexity index is 2770. The van der Waals surface area contributed by atoms with Crippen LogP contribution in [-0.4, -0.2) is 123 Å². The molecule has 2 N–H and O–H groups in total. The Morgan fingerprint density at radius 3 is 0.923 bits per heavy atom. The number of nitrogens with one attached hydrogen (secondary N) is 2. The molecule has 4 aromatic carbocycles. The molecule has 2 aliphatic heterocycles. The second kappa shape index (κ2) is 22.6. The molecule has 19 heteroatoms. The van der Waals surface area contributed by atoms with Gasteiger partial charge in [-0.15, -0.1) is 0 Å². The molecule has 9 rings (SSSR count). The molecule has 0 atom stereocenters. The molecule has 0 saturated heterocycles. The SMILES string of the molecule is CC.CN(C)CCCNS(C)(=O)=O.CN(C)CCCNS(C)(=O)=O.[Cu+2].c1ccc2c(c1)-c1nc-2nc2[n-]c(nc3nc(nc4[n-]c(n1)c1ccccc41)-c1ccccc1-3)c1ccccc21. The van der Waals surface area contributed by atoms with E-state index in [0.717, 1.165) is 69.7 Å². The third-order valence-electron chi connectivity index (χ3n) is 9.62. The summed E-state index contributed by atoms with van der Waals surface area (Å²) in [6.45, 7) is 6.86. The Hall–Kier alpha value is -5.50. The molecular formula is C46H54CuN12O4S2. The van der Waals surface area contributed by atoms with Gasteiger partial charge in [-0.1, -0.05) is 111 Å². The average Bonchev–Trinajstić information content (AvgIpc) is 4.00. The van der Waals surface area contributed by atoms with Gasteiger partial charge in [0.15, 0.2) is 0 Å². The van der Waals surface area contributed by atoms with E-state index in [1.807, 2.05) is 149 Å². The molecule has 345 valence electrons. The van der Waals surface area contributed by atoms with Crippen molar-refractivity contribution in [2.24, 2.45) is 0 Å². The van der Waals surface area contributed by atoms with Crippen molar-refractivity contribution in [1.29, 1.82) is 0 Å². The van der Waals surface area contributed by atoms with Crippen LogP contribution in [0.3, 0.4) is 0 Å². The van der Waals surface area contributed by atoms with Crippen molar-refractivity contribution in [1.82, 2.24) is 59.1 Å². The van der Waals surface area contributed by atoms with Crippen molar-refractivity contribution in [2.75, 3.05) is 66.9 Å². The van der Waals surface area contributed by atoms with Crippen LogP contribution in [0, 0.1) is 0 Å². The summed E-state index contributed by atoms with van der Waals surface area (Å²) in [7, 11) is 1.85. The molecule has 16 nitrogen and oxygen atoms in total. The number of nitrogens with zero attached hydrogens (tertiary/aromatic N) is 10. The van der Waals surface area contributed by atoms with Crippen LogP contribution in [0.5, 0.6) is 0 Å². The smallest absolute Gasteiger partial charge is 0.357 e. The van der Waals surface area contributed by atoms with Crippen LogP contribution in [-0.2, 0) is 37.1 Å². The maximum atomic E-state index is 10.6. The fraction of sp³-hybridized carbons (Fsp3) is 0.304. The minimum absolute atomic E-state index is 0. The fourth-order valence-corrected chi connectivity index (χ4v) is 7.79. The molecule has 0 spiro atoms. The van der Waals surface area contributed by atoms with E-state index in [2.05, 4.69) is 9.44 Å². The molecule has 0 unspecified atom stereocenters. The molecule has 1 radical (unpaired) electrons. The van der Waals surface area contributed by atoms with Crippen molar-refractivity contribution >= 4 is 64.2 Å². The first kappa shape index (κ1) is 50.5. The molecule has 2 aliphatic rings. The van der Waals surface area contributed by atoms with Gasteiger partial charge in [-0.3, -0.25) is 0 Å². The third kappa shape index (κ3) is 13.3. The molecule has 3 aromatic heterocycles. The van der Waals surface area contributed by atoms with Crippen LogP contribution in [0.1, 0.15) is 26.7 Å². The number of sulfonamides is 2. The maximum absolute atomic E-state index is 10.6. The first-order valence-corrected chi connectivity index (χ1v) is 24.7. The maximum Gasteiger partial charge on any atom is 2.00 e. The summed E-state index contributed by atoms with van der Waals surface area (Å²) >= 11 is 0. The molecule has 0 saturated carbocycles. The molecule has 0 amide bonds. The minimum Gasteiger partial charge on any atom is -0.357 e. The first-order valence-electron chi connectivity index (χ1n) is 20.9. The molecule has 0 aliphatic carbocycles. The predicted molar refractivity (Wildman–Crippen MR) is 257 cm³/mol. The van der Waals surface area contributed by atoms with Gasteiger partial charge < -0.3 is 39.7 Å². The average molecular weight is 967 g/mol. The Kier molecular flexibility index (Phi) is 17.6. The van der Waals surface area contributed by atoms with Gasteiger partial charge in [0.05, 0.1) is 35.8 Å². The summed E-state index contributed by atoms with van der Waals surface area (Å²) in [5.41, 5.74) is 5.78. The third-order valence-corrected chi connectivity index (χ3v) is 11.1. The number of hydrogen-bond donors (Lipinski definition) is 2. The number of fused-ring (bicyclic) bond motifs is 20. The number of rotatable bonds is 10. The van der Waals surface area contributed by atoms with Gasteiger partial charge >= 0.3 is 17.1 Å². The van der Waals surface area contributed by atoms with E-state index in [0.29, 0.717) is 59.0 Å². The van der Waals surface area contributed by atoms with Crippen molar-refractivity contribution in [3.8, 4) is 45.6 Å². The molecule has 65 heavy (non-hydrogen) atoms. The fourth-order valence-electron chi connectivity index (χ4n) is 6.76. The first-order chi connectivity index (χ1) is 30.6. The summed E-state index contributed by atoms with van der Waals surface area (Å²) in [5, 5.41) is 3.57. The monoisotopic (exact) mass is 965 g/mol. The normalized spacial score (nSPS) is 11.7. The van der Waals surface area contributed by atoms with Crippen LogP contribution < -0.4 is 19.4 Å². The summed E-state index contributed by atoms with van der Waals surface area (Å²) in [5.74, 6) is 2.21. The zero-order valence-corrected chi connectivity index (χ0v) is 40.3. The quantitative estimate of drug-likeness (QED) is 0.117. The largest absolute Gasteiger partial charge is 2.00 e. The van der Waals surface area contributed by atoms with Gasteiger partial charge in [-0.25, -0.2) is 36.2 Å². The van der Waals surface area contributed by atoms with Crippen molar-refractivity contribution in [3.05, 3.63) is 97.1 Å². The van der Waals surface area contributed by atoms with E-state index < -0.39 is 20.0 Å². The standard InChI is InChI=1S/C32H16N8.2C6H16N2O2S.C2H6.Cu/c1-2-10-18-17(9-1)25-33-26(18)38-28-21-13-5-6-14-22(21)30(35-28)40-32-24-16-8-7-15-23(24)31(36-32)39-29-20-12-4-3-11-19(20)27(34-29)37-25;2*1-8(2)6-4-5-7-11(3,9)10;1-2;/h1-16H;2*7H,4-6H2,1-3H3;1-2H3;/q-2;;;;+2. The van der Waals surface area contributed by atoms with Gasteiger partial charge in [0, 0.05) is 57.9 Å². The second-order valence-electron chi connectivity index (χ2n) is 15.3. The Morgan fingerprint density at radius 1 is 0.446 bits per heavy atom. The Balaban J connectivity index is 0.000000265. The Labute approximate surface area is 391 Å². The van der Waals surface area contributed by atoms with Gasteiger partial charge in [0.1, 0.15) is 0 Å². The van der Waals surface area contributed by atoms with Gasteiger partial charge in [0.2, 0.25) is 20.0 Å². The zero-order chi connectivity index (χ0) is 46.0. The molecular weight excluding hydrogens is 912 g/mol. The van der Waals surface area contributed by atoms with E-state index in [-0.39, 0.29) is 17.1 Å². The van der Waals surface area contributed by atoms with Gasteiger partial charge in [-0.05, 0) is 75.7 Å². The number of aromatic nitrogens is 8. The van der Waals surface area contributed by atoms with E-state index >= 15 is 0 Å². The molecule has 7 aromatic rings. The van der Waals surface area contributed by atoms with E-state index in [4.69, 9.17) is 39.9 Å². The van der Waals surface area contributed by atoms with Crippen molar-refractivity contribution in [2.45, 2.75) is 26.7 Å². The summed E-state index contributed by atoms with van der Waals surface area (Å²) in [4.78, 5) is 43.3. The second-order valence-corrected chi connectivity index (χ2v) is 19.0. The topological polar surface area (TPSA) is 204 Å². The summed E-state index contributed by atoms with van der Waals surface area (Å²) < 4.78 is 47.1. The van der Waals surface area contributed by atoms with E-state index in [9.17, 15) is 16.8 Å². The summed E-state index contributed by atoms with van der Waals surface area (Å²) in [6.07, 6.45) is 4.03. The zero-order valence-electron chi connectivity index (χ0n) is 37.7. The predicted octanol–water partition coefficient (Wildman–Crippen LogP) is 6.13. The van der Waals surface area contributed by atoms with Crippen molar-refractivity contribution in [3.63, 3.8) is 0 Å². The van der Waals surface area contributed by atoms with Crippen LogP contribution in [0.15, 0.2) is 97.1 Å². The number of benzene rings is 4. The van der Waals surface area contributed by atoms with Crippen LogP contribution in [0.4, 0.5) is 0 Å². The van der Waals surface area contributed by atoms with E-state index in [1.165, 1.54) is 12.5 Å². The molecule has 0 fully saturated rings. The summed E-state index contributed by atoms with van der Waals surface area (Å²) in [6, 6.07) is 31.8. The van der Waals surface area contributed by atoms with Crippen molar-refractivity contribution < 1.29 is 33.9 Å². The van der Waals surface area contributed by atoms with Crippen LogP contribution in [0.2, 0.25) is 0 Å². The van der Waals surface area contributed by atoms with Crippen LogP contribution >= 0.6 is 0 Å². The van der Waals surface area contributed by atoms with E-state index in [1.54, 1.807) is 0 Å².